The lowest BCUT2D eigenvalue weighted by molar-refractivity contribution is 0.277. The molecule has 0 radical (unpaired) electrons. The molecule has 0 saturated carbocycles. The Balaban J connectivity index is 1.64. The minimum atomic E-state index is 0.860. The minimum absolute atomic E-state index is 0.860. The molecule has 0 aromatic carbocycles. The number of hydrogen-bond acceptors (Lipinski definition) is 3. The van der Waals surface area contributed by atoms with Gasteiger partial charge in [0.1, 0.15) is 5.76 Å². The zero-order chi connectivity index (χ0) is 10.3. The first-order chi connectivity index (χ1) is 7.33. The molecule has 2 aliphatic heterocycles. The average molecular weight is 271 g/mol. The Kier molecular flexibility index (Phi) is 2.58. The fourth-order valence-corrected chi connectivity index (χ4v) is 3.05. The van der Waals surface area contributed by atoms with Gasteiger partial charge >= 0.3 is 0 Å². The molecule has 82 valence electrons. The molecule has 0 unspecified atom stereocenters. The van der Waals surface area contributed by atoms with E-state index in [0.29, 0.717) is 0 Å². The molecule has 2 aliphatic rings. The van der Waals surface area contributed by atoms with Crippen molar-refractivity contribution in [3.63, 3.8) is 0 Å². The maximum atomic E-state index is 5.44. The second-order valence-electron chi connectivity index (χ2n) is 4.56. The highest BCUT2D eigenvalue weighted by Gasteiger charge is 2.36. The summed E-state index contributed by atoms with van der Waals surface area (Å²) in [6.45, 7) is 5.76. The van der Waals surface area contributed by atoms with Crippen LogP contribution in [0.3, 0.4) is 0 Å². The number of halogens is 1. The summed E-state index contributed by atoms with van der Waals surface area (Å²) in [6.07, 6.45) is 1.75. The standard InChI is InChI=1S/C11H15BrN2O/c12-10-1-2-15-11(10)7-14-5-8-3-13-4-9(8)6-14/h1-2,8-9,13H,3-7H2/t8-,9+. The third-order valence-corrected chi connectivity index (χ3v) is 4.23. The molecule has 2 fully saturated rings. The molecular weight excluding hydrogens is 256 g/mol. The Labute approximate surface area is 97.9 Å². The highest BCUT2D eigenvalue weighted by molar-refractivity contribution is 9.10. The normalized spacial score (nSPS) is 31.0. The lowest BCUT2D eigenvalue weighted by atomic mass is 10.0. The van der Waals surface area contributed by atoms with Crippen LogP contribution >= 0.6 is 15.9 Å². The van der Waals surface area contributed by atoms with Crippen LogP contribution in [-0.2, 0) is 6.54 Å². The van der Waals surface area contributed by atoms with E-state index in [9.17, 15) is 0 Å². The Morgan fingerprint density at radius 1 is 1.40 bits per heavy atom. The third-order valence-electron chi connectivity index (χ3n) is 3.52. The maximum absolute atomic E-state index is 5.44. The van der Waals surface area contributed by atoms with E-state index in [4.69, 9.17) is 4.42 Å². The number of nitrogens with one attached hydrogen (secondary N) is 1. The number of fused-ring (bicyclic) bond motifs is 1. The van der Waals surface area contributed by atoms with Gasteiger partial charge in [0.2, 0.25) is 0 Å². The SMILES string of the molecule is Brc1ccoc1CN1C[C@H]2CNC[C@H]2C1. The first-order valence-electron chi connectivity index (χ1n) is 5.48. The van der Waals surface area contributed by atoms with E-state index in [2.05, 4.69) is 26.1 Å². The van der Waals surface area contributed by atoms with Crippen LogP contribution in [0.2, 0.25) is 0 Å². The van der Waals surface area contributed by atoms with Crippen LogP contribution < -0.4 is 5.32 Å². The summed E-state index contributed by atoms with van der Waals surface area (Å²) in [5, 5.41) is 3.46. The van der Waals surface area contributed by atoms with Crippen molar-refractivity contribution >= 4 is 15.9 Å². The van der Waals surface area contributed by atoms with Crippen LogP contribution in [-0.4, -0.2) is 31.1 Å². The first-order valence-corrected chi connectivity index (χ1v) is 6.27. The summed E-state index contributed by atoms with van der Waals surface area (Å²) in [4.78, 5) is 2.50. The van der Waals surface area contributed by atoms with E-state index in [1.807, 2.05) is 6.07 Å². The molecule has 3 nitrogen and oxygen atoms in total. The second-order valence-corrected chi connectivity index (χ2v) is 5.42. The molecule has 2 atom stereocenters. The van der Waals surface area contributed by atoms with Crippen molar-refractivity contribution in [2.24, 2.45) is 11.8 Å². The molecule has 1 N–H and O–H groups in total. The van der Waals surface area contributed by atoms with Crippen molar-refractivity contribution in [1.29, 1.82) is 0 Å². The number of likely N-dealkylation sites (tertiary alicyclic amines) is 1. The number of rotatable bonds is 2. The largest absolute Gasteiger partial charge is 0.467 e. The van der Waals surface area contributed by atoms with Gasteiger partial charge in [0, 0.05) is 13.1 Å². The van der Waals surface area contributed by atoms with Crippen LogP contribution in [0.15, 0.2) is 21.2 Å². The third kappa shape index (κ3) is 1.86. The van der Waals surface area contributed by atoms with Crippen LogP contribution in [0.4, 0.5) is 0 Å². The monoisotopic (exact) mass is 270 g/mol. The zero-order valence-electron chi connectivity index (χ0n) is 8.58. The summed E-state index contributed by atoms with van der Waals surface area (Å²) in [5.74, 6) is 2.78. The maximum Gasteiger partial charge on any atom is 0.131 e. The molecule has 2 saturated heterocycles. The Morgan fingerprint density at radius 3 is 2.73 bits per heavy atom. The van der Waals surface area contributed by atoms with Crippen molar-refractivity contribution in [1.82, 2.24) is 10.2 Å². The van der Waals surface area contributed by atoms with E-state index < -0.39 is 0 Å². The van der Waals surface area contributed by atoms with Gasteiger partial charge in [0.15, 0.2) is 0 Å². The van der Waals surface area contributed by atoms with E-state index >= 15 is 0 Å². The molecule has 1 aromatic rings. The summed E-state index contributed by atoms with van der Waals surface area (Å²) < 4.78 is 6.54. The summed E-state index contributed by atoms with van der Waals surface area (Å²) >= 11 is 3.50. The van der Waals surface area contributed by atoms with Gasteiger partial charge in [-0.1, -0.05) is 0 Å². The van der Waals surface area contributed by atoms with Gasteiger partial charge in [-0.3, -0.25) is 4.90 Å². The Hall–Kier alpha value is -0.320. The fraction of sp³-hybridized carbons (Fsp3) is 0.636. The number of hydrogen-bond donors (Lipinski definition) is 1. The van der Waals surface area contributed by atoms with Gasteiger partial charge in [-0.2, -0.15) is 0 Å². The highest BCUT2D eigenvalue weighted by atomic mass is 79.9. The smallest absolute Gasteiger partial charge is 0.131 e. The predicted molar refractivity (Wildman–Crippen MR) is 61.5 cm³/mol. The molecule has 4 heteroatoms. The van der Waals surface area contributed by atoms with Crippen LogP contribution in [0.25, 0.3) is 0 Å². The van der Waals surface area contributed by atoms with Gasteiger partial charge in [0.05, 0.1) is 17.3 Å². The minimum Gasteiger partial charge on any atom is -0.467 e. The lowest BCUT2D eigenvalue weighted by Gasteiger charge is -2.15. The van der Waals surface area contributed by atoms with E-state index in [1.54, 1.807) is 6.26 Å². The first kappa shape index (κ1) is 9.87. The molecule has 0 bridgehead atoms. The Bertz CT molecular complexity index is 340. The van der Waals surface area contributed by atoms with Gasteiger partial charge in [-0.15, -0.1) is 0 Å². The molecule has 3 heterocycles. The fourth-order valence-electron chi connectivity index (χ4n) is 2.72. The number of furan rings is 1. The van der Waals surface area contributed by atoms with Crippen molar-refractivity contribution in [3.8, 4) is 0 Å². The van der Waals surface area contributed by atoms with Crippen molar-refractivity contribution in [2.45, 2.75) is 6.54 Å². The van der Waals surface area contributed by atoms with Crippen molar-refractivity contribution in [2.75, 3.05) is 26.2 Å². The van der Waals surface area contributed by atoms with Crippen LogP contribution in [0.1, 0.15) is 5.76 Å². The molecule has 0 aliphatic carbocycles. The quantitative estimate of drug-likeness (QED) is 0.887. The number of nitrogens with zero attached hydrogens (tertiary/aromatic N) is 1. The Morgan fingerprint density at radius 2 is 2.13 bits per heavy atom. The second kappa shape index (κ2) is 3.92. The summed E-state index contributed by atoms with van der Waals surface area (Å²) in [6, 6.07) is 1.97. The molecular formula is C11H15BrN2O. The molecule has 3 rings (SSSR count). The van der Waals surface area contributed by atoms with E-state index in [0.717, 1.165) is 28.6 Å². The van der Waals surface area contributed by atoms with Gasteiger partial charge in [-0.05, 0) is 46.9 Å². The van der Waals surface area contributed by atoms with Crippen molar-refractivity contribution in [3.05, 3.63) is 22.6 Å². The van der Waals surface area contributed by atoms with E-state index in [1.165, 1.54) is 26.2 Å². The van der Waals surface area contributed by atoms with Gasteiger partial charge in [0.25, 0.3) is 0 Å². The summed E-state index contributed by atoms with van der Waals surface area (Å²) in [7, 11) is 0. The average Bonchev–Trinajstić information content (AvgIpc) is 2.83. The molecule has 1 aromatic heterocycles. The topological polar surface area (TPSA) is 28.4 Å². The predicted octanol–water partition coefficient (Wildman–Crippen LogP) is 1.69. The van der Waals surface area contributed by atoms with Gasteiger partial charge < -0.3 is 9.73 Å². The van der Waals surface area contributed by atoms with Crippen LogP contribution in [0.5, 0.6) is 0 Å². The van der Waals surface area contributed by atoms with Gasteiger partial charge in [-0.25, -0.2) is 0 Å². The highest BCUT2D eigenvalue weighted by Crippen LogP contribution is 2.29. The molecule has 0 amide bonds. The summed E-state index contributed by atoms with van der Waals surface area (Å²) in [5.41, 5.74) is 0. The van der Waals surface area contributed by atoms with E-state index in [-0.39, 0.29) is 0 Å². The lowest BCUT2D eigenvalue weighted by Crippen LogP contribution is -2.25. The molecule has 15 heavy (non-hydrogen) atoms. The van der Waals surface area contributed by atoms with Crippen LogP contribution in [0, 0.1) is 11.8 Å². The zero-order valence-corrected chi connectivity index (χ0v) is 10.2. The molecule has 0 spiro atoms. The van der Waals surface area contributed by atoms with Crippen molar-refractivity contribution < 1.29 is 4.42 Å².